The molecule has 0 bridgehead atoms. The topological polar surface area (TPSA) is 37.3 Å². The second-order valence-corrected chi connectivity index (χ2v) is 5.88. The second kappa shape index (κ2) is 6.28. The van der Waals surface area contributed by atoms with Gasteiger partial charge in [0.05, 0.1) is 11.4 Å². The Kier molecular flexibility index (Phi) is 3.83. The number of aromatic nitrogens is 1. The minimum Gasteiger partial charge on any atom is -0.358 e. The van der Waals surface area contributed by atoms with Gasteiger partial charge in [-0.1, -0.05) is 55.5 Å². The van der Waals surface area contributed by atoms with Crippen LogP contribution in [-0.2, 0) is 6.42 Å². The Balaban J connectivity index is 1.86. The molecule has 4 rings (SSSR count). The highest BCUT2D eigenvalue weighted by Crippen LogP contribution is 2.32. The van der Waals surface area contributed by atoms with E-state index in [1.165, 1.54) is 5.56 Å². The van der Waals surface area contributed by atoms with Crippen molar-refractivity contribution in [1.82, 2.24) is 4.98 Å². The normalized spacial score (nSPS) is 16.0. The highest BCUT2D eigenvalue weighted by Gasteiger charge is 2.23. The van der Waals surface area contributed by atoms with Crippen LogP contribution in [0, 0.1) is 0 Å². The standard InChI is InChI=1S/C21H19N3/c1-2-15-11-12-17-19(14-15)23-21(18-10-6-7-13-22-18)24-20(17)16-8-4-3-5-9-16/h3-14,21,23H,2H2,1H3. The number of anilines is 1. The minimum atomic E-state index is -0.166. The molecule has 3 aromatic rings. The van der Waals surface area contributed by atoms with Crippen LogP contribution in [0.3, 0.4) is 0 Å². The summed E-state index contributed by atoms with van der Waals surface area (Å²) in [6, 6.07) is 22.9. The van der Waals surface area contributed by atoms with Crippen molar-refractivity contribution in [3.8, 4) is 0 Å². The highest BCUT2D eigenvalue weighted by molar-refractivity contribution is 6.16. The molecule has 1 unspecified atom stereocenters. The summed E-state index contributed by atoms with van der Waals surface area (Å²) in [5.41, 5.74) is 6.66. The van der Waals surface area contributed by atoms with Gasteiger partial charge in [0.1, 0.15) is 0 Å². The number of fused-ring (bicyclic) bond motifs is 1. The molecule has 2 heterocycles. The number of nitrogens with zero attached hydrogens (tertiary/aromatic N) is 2. The molecular formula is C21H19N3. The SMILES string of the molecule is CCc1ccc2c(c1)NC(c1ccccn1)N=C2c1ccccc1. The maximum Gasteiger partial charge on any atom is 0.162 e. The molecule has 0 aliphatic carbocycles. The molecule has 0 fully saturated rings. The molecule has 1 aliphatic rings. The van der Waals surface area contributed by atoms with Crippen LogP contribution in [0.4, 0.5) is 5.69 Å². The summed E-state index contributed by atoms with van der Waals surface area (Å²) in [4.78, 5) is 9.44. The number of nitrogens with one attached hydrogen (secondary N) is 1. The van der Waals surface area contributed by atoms with Crippen molar-refractivity contribution in [2.45, 2.75) is 19.5 Å². The zero-order chi connectivity index (χ0) is 16.4. The predicted octanol–water partition coefficient (Wildman–Crippen LogP) is 4.61. The van der Waals surface area contributed by atoms with Crippen LogP contribution in [0.5, 0.6) is 0 Å². The van der Waals surface area contributed by atoms with Crippen LogP contribution >= 0.6 is 0 Å². The number of benzene rings is 2. The number of hydrogen-bond acceptors (Lipinski definition) is 3. The van der Waals surface area contributed by atoms with E-state index in [0.29, 0.717) is 0 Å². The van der Waals surface area contributed by atoms with Crippen LogP contribution < -0.4 is 5.32 Å². The van der Waals surface area contributed by atoms with Gasteiger partial charge in [-0.15, -0.1) is 0 Å². The number of rotatable bonds is 3. The molecule has 0 saturated heterocycles. The van der Waals surface area contributed by atoms with Crippen molar-refractivity contribution in [2.75, 3.05) is 5.32 Å². The molecule has 24 heavy (non-hydrogen) atoms. The maximum atomic E-state index is 4.96. The Morgan fingerprint density at radius 3 is 2.54 bits per heavy atom. The van der Waals surface area contributed by atoms with Crippen molar-refractivity contribution >= 4 is 11.4 Å². The van der Waals surface area contributed by atoms with Gasteiger partial charge >= 0.3 is 0 Å². The lowest BCUT2D eigenvalue weighted by atomic mass is 9.96. The fourth-order valence-corrected chi connectivity index (χ4v) is 3.02. The largest absolute Gasteiger partial charge is 0.358 e. The van der Waals surface area contributed by atoms with Crippen LogP contribution in [0.25, 0.3) is 0 Å². The molecule has 1 aromatic heterocycles. The van der Waals surface area contributed by atoms with Gasteiger partial charge in [-0.05, 0) is 30.2 Å². The summed E-state index contributed by atoms with van der Waals surface area (Å²) in [6.07, 6.45) is 2.66. The molecule has 0 radical (unpaired) electrons. The van der Waals surface area contributed by atoms with Gasteiger partial charge in [0, 0.05) is 23.0 Å². The average Bonchev–Trinajstić information content (AvgIpc) is 2.68. The Hall–Kier alpha value is -2.94. The third-order valence-electron chi connectivity index (χ3n) is 4.31. The number of aryl methyl sites for hydroxylation is 1. The van der Waals surface area contributed by atoms with Gasteiger partial charge in [-0.3, -0.25) is 9.98 Å². The van der Waals surface area contributed by atoms with Crippen molar-refractivity contribution in [3.05, 3.63) is 95.3 Å². The second-order valence-electron chi connectivity index (χ2n) is 5.88. The number of hydrogen-bond donors (Lipinski definition) is 1. The highest BCUT2D eigenvalue weighted by atomic mass is 15.1. The first kappa shape index (κ1) is 14.6. The number of aliphatic imine (C=N–C) groups is 1. The quantitative estimate of drug-likeness (QED) is 0.767. The third kappa shape index (κ3) is 2.69. The lowest BCUT2D eigenvalue weighted by Gasteiger charge is -2.26. The van der Waals surface area contributed by atoms with Crippen molar-refractivity contribution in [2.24, 2.45) is 4.99 Å². The van der Waals surface area contributed by atoms with E-state index < -0.39 is 0 Å². The summed E-state index contributed by atoms with van der Waals surface area (Å²) < 4.78 is 0. The summed E-state index contributed by atoms with van der Waals surface area (Å²) in [7, 11) is 0. The fraction of sp³-hybridized carbons (Fsp3) is 0.143. The molecule has 0 spiro atoms. The Labute approximate surface area is 142 Å². The van der Waals surface area contributed by atoms with Gasteiger partial charge in [0.25, 0.3) is 0 Å². The molecule has 118 valence electrons. The molecule has 3 heteroatoms. The maximum absolute atomic E-state index is 4.96. The van der Waals surface area contributed by atoms with Crippen LogP contribution in [0.2, 0.25) is 0 Å². The van der Waals surface area contributed by atoms with E-state index in [-0.39, 0.29) is 6.17 Å². The Morgan fingerprint density at radius 1 is 0.958 bits per heavy atom. The smallest absolute Gasteiger partial charge is 0.162 e. The van der Waals surface area contributed by atoms with E-state index >= 15 is 0 Å². The van der Waals surface area contributed by atoms with Crippen molar-refractivity contribution in [3.63, 3.8) is 0 Å². The molecule has 0 amide bonds. The summed E-state index contributed by atoms with van der Waals surface area (Å²) in [5.74, 6) is 0. The van der Waals surface area contributed by atoms with Crippen LogP contribution in [-0.4, -0.2) is 10.7 Å². The van der Waals surface area contributed by atoms with Gasteiger partial charge in [-0.2, -0.15) is 0 Å². The molecular weight excluding hydrogens is 294 g/mol. The molecule has 2 aromatic carbocycles. The fourth-order valence-electron chi connectivity index (χ4n) is 3.02. The Morgan fingerprint density at radius 2 is 1.79 bits per heavy atom. The van der Waals surface area contributed by atoms with Crippen molar-refractivity contribution < 1.29 is 0 Å². The molecule has 0 saturated carbocycles. The monoisotopic (exact) mass is 313 g/mol. The first-order chi connectivity index (χ1) is 11.8. The first-order valence-corrected chi connectivity index (χ1v) is 8.29. The van der Waals surface area contributed by atoms with Gasteiger partial charge in [-0.25, -0.2) is 0 Å². The summed E-state index contributed by atoms with van der Waals surface area (Å²) >= 11 is 0. The van der Waals surface area contributed by atoms with E-state index in [9.17, 15) is 0 Å². The van der Waals surface area contributed by atoms with E-state index in [0.717, 1.165) is 34.6 Å². The van der Waals surface area contributed by atoms with Gasteiger partial charge in [0.2, 0.25) is 0 Å². The molecule has 1 N–H and O–H groups in total. The van der Waals surface area contributed by atoms with Crippen molar-refractivity contribution in [1.29, 1.82) is 0 Å². The third-order valence-corrected chi connectivity index (χ3v) is 4.31. The van der Waals surface area contributed by atoms with E-state index in [4.69, 9.17) is 4.99 Å². The molecule has 1 aliphatic heterocycles. The average molecular weight is 313 g/mol. The van der Waals surface area contributed by atoms with Crippen LogP contribution in [0.15, 0.2) is 77.9 Å². The molecule has 1 atom stereocenters. The first-order valence-electron chi connectivity index (χ1n) is 8.29. The van der Waals surface area contributed by atoms with E-state index in [1.807, 2.05) is 30.5 Å². The molecule has 3 nitrogen and oxygen atoms in total. The summed E-state index contributed by atoms with van der Waals surface area (Å²) in [5, 5.41) is 3.54. The summed E-state index contributed by atoms with van der Waals surface area (Å²) in [6.45, 7) is 2.17. The number of pyridine rings is 1. The Bertz CT molecular complexity index is 870. The van der Waals surface area contributed by atoms with Gasteiger partial charge in [0.15, 0.2) is 6.17 Å². The zero-order valence-electron chi connectivity index (χ0n) is 13.6. The predicted molar refractivity (Wildman–Crippen MR) is 98.5 cm³/mol. The van der Waals surface area contributed by atoms with E-state index in [2.05, 4.69) is 59.7 Å². The lowest BCUT2D eigenvalue weighted by Crippen LogP contribution is -2.21. The zero-order valence-corrected chi connectivity index (χ0v) is 13.6. The van der Waals surface area contributed by atoms with Gasteiger partial charge < -0.3 is 5.32 Å². The van der Waals surface area contributed by atoms with E-state index in [1.54, 1.807) is 0 Å². The lowest BCUT2D eigenvalue weighted by molar-refractivity contribution is 0.791. The van der Waals surface area contributed by atoms with Crippen LogP contribution in [0.1, 0.15) is 35.5 Å². The minimum absolute atomic E-state index is 0.166.